The predicted octanol–water partition coefficient (Wildman–Crippen LogP) is 5.18. The summed E-state index contributed by atoms with van der Waals surface area (Å²) in [4.78, 5) is 12.1. The lowest BCUT2D eigenvalue weighted by atomic mass is 10.0. The van der Waals surface area contributed by atoms with E-state index in [1.807, 2.05) is 37.3 Å². The molecule has 1 N–H and O–H groups in total. The number of hydrogen-bond donors (Lipinski definition) is 1. The highest BCUT2D eigenvalue weighted by atomic mass is 79.9. The van der Waals surface area contributed by atoms with Crippen LogP contribution in [0.25, 0.3) is 0 Å². The number of aryl methyl sites for hydroxylation is 1. The van der Waals surface area contributed by atoms with Gasteiger partial charge in [0.15, 0.2) is 6.61 Å². The summed E-state index contributed by atoms with van der Waals surface area (Å²) in [5.41, 5.74) is 5.32. The molecule has 0 aliphatic heterocycles. The summed E-state index contributed by atoms with van der Waals surface area (Å²) in [6.45, 7) is 6.03. The first-order chi connectivity index (χ1) is 12.8. The number of rotatable bonds is 7. The molecule has 0 aliphatic rings. The summed E-state index contributed by atoms with van der Waals surface area (Å²) in [6, 6.07) is 9.51. The van der Waals surface area contributed by atoms with E-state index in [-0.39, 0.29) is 18.4 Å². The zero-order valence-electron chi connectivity index (χ0n) is 15.7. The highest BCUT2D eigenvalue weighted by molar-refractivity contribution is 9.10. The van der Waals surface area contributed by atoms with Gasteiger partial charge in [-0.1, -0.05) is 45.7 Å². The van der Waals surface area contributed by atoms with Crippen LogP contribution in [0.2, 0.25) is 0 Å². The second kappa shape index (κ2) is 9.90. The van der Waals surface area contributed by atoms with Crippen LogP contribution in [0.3, 0.4) is 0 Å². The molecule has 27 heavy (non-hydrogen) atoms. The minimum atomic E-state index is -0.338. The third kappa shape index (κ3) is 6.07. The average molecular weight is 498 g/mol. The van der Waals surface area contributed by atoms with Gasteiger partial charge >= 0.3 is 0 Å². The Morgan fingerprint density at radius 1 is 1.22 bits per heavy atom. The van der Waals surface area contributed by atoms with Gasteiger partial charge in [0, 0.05) is 14.5 Å². The van der Waals surface area contributed by atoms with Gasteiger partial charge in [0.1, 0.15) is 11.5 Å². The number of amides is 1. The summed E-state index contributed by atoms with van der Waals surface area (Å²) < 4.78 is 12.9. The van der Waals surface area contributed by atoms with Crippen molar-refractivity contribution < 1.29 is 14.3 Å². The Kier molecular flexibility index (Phi) is 7.86. The third-order valence-corrected chi connectivity index (χ3v) is 5.20. The monoisotopic (exact) mass is 496 g/mol. The van der Waals surface area contributed by atoms with Gasteiger partial charge in [-0.2, -0.15) is 5.10 Å². The minimum Gasteiger partial charge on any atom is -0.496 e. The van der Waals surface area contributed by atoms with Gasteiger partial charge in [-0.15, -0.1) is 0 Å². The fourth-order valence-corrected chi connectivity index (χ4v) is 3.14. The molecule has 1 amide bonds. The molecule has 5 nitrogen and oxygen atoms in total. The van der Waals surface area contributed by atoms with Gasteiger partial charge in [-0.05, 0) is 54.3 Å². The molecule has 144 valence electrons. The summed E-state index contributed by atoms with van der Waals surface area (Å²) in [6.07, 6.45) is 1.53. The van der Waals surface area contributed by atoms with Gasteiger partial charge in [0.05, 0.1) is 13.3 Å². The van der Waals surface area contributed by atoms with Crippen LogP contribution in [-0.4, -0.2) is 25.8 Å². The second-order valence-corrected chi connectivity index (χ2v) is 8.03. The van der Waals surface area contributed by atoms with Crippen LogP contribution in [0.5, 0.6) is 11.5 Å². The molecule has 2 aromatic carbocycles. The summed E-state index contributed by atoms with van der Waals surface area (Å²) in [5, 5.41) is 3.98. The Morgan fingerprint density at radius 3 is 2.63 bits per heavy atom. The summed E-state index contributed by atoms with van der Waals surface area (Å²) in [7, 11) is 1.58. The SMILES string of the molecule is COc1ccc(Br)cc1C=NNC(=O)COc1cc(C)c(Br)cc1C(C)C. The van der Waals surface area contributed by atoms with Crippen molar-refractivity contribution in [3.8, 4) is 11.5 Å². The fraction of sp³-hybridized carbons (Fsp3) is 0.300. The van der Waals surface area contributed by atoms with Crippen molar-refractivity contribution in [1.82, 2.24) is 5.43 Å². The predicted molar refractivity (Wildman–Crippen MR) is 115 cm³/mol. The number of halogens is 2. The third-order valence-electron chi connectivity index (χ3n) is 3.86. The number of hydrogen-bond acceptors (Lipinski definition) is 4. The van der Waals surface area contributed by atoms with E-state index in [0.717, 1.165) is 25.6 Å². The molecule has 0 aromatic heterocycles. The molecule has 0 saturated heterocycles. The number of hydrazone groups is 1. The second-order valence-electron chi connectivity index (χ2n) is 6.26. The number of ether oxygens (including phenoxy) is 2. The highest BCUT2D eigenvalue weighted by Crippen LogP contribution is 2.32. The Hall–Kier alpha value is -1.86. The lowest BCUT2D eigenvalue weighted by Gasteiger charge is -2.15. The van der Waals surface area contributed by atoms with Crippen molar-refractivity contribution in [3.63, 3.8) is 0 Å². The Morgan fingerprint density at radius 2 is 1.96 bits per heavy atom. The maximum Gasteiger partial charge on any atom is 0.277 e. The maximum atomic E-state index is 12.1. The number of carbonyl (C=O) groups is 1. The highest BCUT2D eigenvalue weighted by Gasteiger charge is 2.12. The maximum absolute atomic E-state index is 12.1. The van der Waals surface area contributed by atoms with Gasteiger partial charge in [0.25, 0.3) is 5.91 Å². The molecule has 7 heteroatoms. The minimum absolute atomic E-state index is 0.117. The van der Waals surface area contributed by atoms with Crippen LogP contribution in [-0.2, 0) is 4.79 Å². The van der Waals surface area contributed by atoms with Crippen LogP contribution in [0.4, 0.5) is 0 Å². The lowest BCUT2D eigenvalue weighted by Crippen LogP contribution is -2.25. The van der Waals surface area contributed by atoms with Gasteiger partial charge in [-0.25, -0.2) is 5.43 Å². The molecule has 0 radical (unpaired) electrons. The number of benzene rings is 2. The topological polar surface area (TPSA) is 59.9 Å². The van der Waals surface area contributed by atoms with E-state index >= 15 is 0 Å². The number of nitrogens with zero attached hydrogens (tertiary/aromatic N) is 1. The average Bonchev–Trinajstić information content (AvgIpc) is 2.62. The Bertz CT molecular complexity index is 851. The van der Waals surface area contributed by atoms with E-state index in [9.17, 15) is 4.79 Å². The molecule has 0 spiro atoms. The summed E-state index contributed by atoms with van der Waals surface area (Å²) >= 11 is 6.93. The first kappa shape index (κ1) is 21.4. The molecule has 0 fully saturated rings. The molecule has 0 aliphatic carbocycles. The first-order valence-corrected chi connectivity index (χ1v) is 9.98. The van der Waals surface area contributed by atoms with Crippen molar-refractivity contribution in [2.75, 3.05) is 13.7 Å². The Labute approximate surface area is 176 Å². The zero-order chi connectivity index (χ0) is 20.0. The van der Waals surface area contributed by atoms with Crippen LogP contribution < -0.4 is 14.9 Å². The van der Waals surface area contributed by atoms with Crippen LogP contribution in [0, 0.1) is 6.92 Å². The first-order valence-electron chi connectivity index (χ1n) is 8.40. The van der Waals surface area contributed by atoms with E-state index < -0.39 is 0 Å². The quantitative estimate of drug-likeness (QED) is 0.423. The molecule has 0 unspecified atom stereocenters. The number of methoxy groups -OCH3 is 1. The van der Waals surface area contributed by atoms with Crippen molar-refractivity contribution in [2.45, 2.75) is 26.7 Å². The normalized spacial score (nSPS) is 11.1. The molecule has 0 atom stereocenters. The number of nitrogens with one attached hydrogen (secondary N) is 1. The van der Waals surface area contributed by atoms with Crippen LogP contribution >= 0.6 is 31.9 Å². The molecular weight excluding hydrogens is 476 g/mol. The standard InChI is InChI=1S/C20H22Br2N2O3/c1-12(2)16-9-17(22)13(3)7-19(16)27-11-20(25)24-23-10-14-8-15(21)5-6-18(14)26-4/h5-10,12H,11H2,1-4H3,(H,24,25). The van der Waals surface area contributed by atoms with Gasteiger partial charge in [-0.3, -0.25) is 4.79 Å². The van der Waals surface area contributed by atoms with E-state index in [0.29, 0.717) is 11.5 Å². The smallest absolute Gasteiger partial charge is 0.277 e. The summed E-state index contributed by atoms with van der Waals surface area (Å²) in [5.74, 6) is 1.32. The Balaban J connectivity index is 1.99. The van der Waals surface area contributed by atoms with Crippen molar-refractivity contribution in [2.24, 2.45) is 5.10 Å². The number of carbonyl (C=O) groups excluding carboxylic acids is 1. The largest absolute Gasteiger partial charge is 0.496 e. The van der Waals surface area contributed by atoms with Crippen LogP contribution in [0.1, 0.15) is 36.5 Å². The van der Waals surface area contributed by atoms with E-state index in [1.54, 1.807) is 7.11 Å². The molecule has 2 rings (SSSR count). The van der Waals surface area contributed by atoms with Crippen molar-refractivity contribution in [3.05, 3.63) is 56.0 Å². The molecule has 0 bridgehead atoms. The zero-order valence-corrected chi connectivity index (χ0v) is 18.8. The van der Waals surface area contributed by atoms with Crippen LogP contribution in [0.15, 0.2) is 44.4 Å². The van der Waals surface area contributed by atoms with Gasteiger partial charge in [0.2, 0.25) is 0 Å². The molecular formula is C20H22Br2N2O3. The van der Waals surface area contributed by atoms with Crippen molar-refractivity contribution in [1.29, 1.82) is 0 Å². The van der Waals surface area contributed by atoms with E-state index in [4.69, 9.17) is 9.47 Å². The molecule has 0 heterocycles. The van der Waals surface area contributed by atoms with Crippen molar-refractivity contribution >= 4 is 44.0 Å². The van der Waals surface area contributed by atoms with Gasteiger partial charge < -0.3 is 9.47 Å². The lowest BCUT2D eigenvalue weighted by molar-refractivity contribution is -0.123. The fourth-order valence-electron chi connectivity index (χ4n) is 2.40. The van der Waals surface area contributed by atoms with E-state index in [2.05, 4.69) is 56.2 Å². The molecule has 2 aromatic rings. The van der Waals surface area contributed by atoms with E-state index in [1.165, 1.54) is 6.21 Å². The molecule has 0 saturated carbocycles.